The maximum absolute atomic E-state index is 13.4. The summed E-state index contributed by atoms with van der Waals surface area (Å²) in [6.07, 6.45) is 1.98. The predicted octanol–water partition coefficient (Wildman–Crippen LogP) is 6.83. The van der Waals surface area contributed by atoms with Gasteiger partial charge in [-0.2, -0.15) is 0 Å². The van der Waals surface area contributed by atoms with E-state index in [-0.39, 0.29) is 5.82 Å². The van der Waals surface area contributed by atoms with E-state index in [0.717, 1.165) is 47.6 Å². The average Bonchev–Trinajstić information content (AvgIpc) is 3.15. The number of rotatable bonds is 8. The molecule has 1 atom stereocenters. The first-order chi connectivity index (χ1) is 14.7. The fourth-order valence-corrected chi connectivity index (χ4v) is 3.66. The highest BCUT2D eigenvalue weighted by atomic mass is 19.1. The van der Waals surface area contributed by atoms with Crippen LogP contribution in [0.1, 0.15) is 38.2 Å². The second kappa shape index (κ2) is 9.12. The summed E-state index contributed by atoms with van der Waals surface area (Å²) >= 11 is 0. The van der Waals surface area contributed by atoms with Crippen LogP contribution in [0.3, 0.4) is 0 Å². The quantitative estimate of drug-likeness (QED) is 0.302. The van der Waals surface area contributed by atoms with Crippen molar-refractivity contribution in [3.63, 3.8) is 0 Å². The summed E-state index contributed by atoms with van der Waals surface area (Å²) in [5.74, 6) is 2.08. The van der Waals surface area contributed by atoms with Gasteiger partial charge < -0.3 is 9.30 Å². The lowest BCUT2D eigenvalue weighted by Gasteiger charge is -2.12. The molecule has 0 bridgehead atoms. The molecule has 0 aliphatic rings. The zero-order valence-corrected chi connectivity index (χ0v) is 17.5. The van der Waals surface area contributed by atoms with Crippen LogP contribution in [0.15, 0.2) is 72.8 Å². The molecule has 0 fully saturated rings. The molecule has 0 saturated carbocycles. The van der Waals surface area contributed by atoms with Crippen LogP contribution >= 0.6 is 0 Å². The number of nitrogens with zero attached hydrogens (tertiary/aromatic N) is 2. The molecule has 30 heavy (non-hydrogen) atoms. The summed E-state index contributed by atoms with van der Waals surface area (Å²) in [6, 6.07) is 23.0. The fraction of sp³-hybridized carbons (Fsp3) is 0.269. The third kappa shape index (κ3) is 4.38. The van der Waals surface area contributed by atoms with Crippen LogP contribution in [-0.4, -0.2) is 16.2 Å². The zero-order valence-electron chi connectivity index (χ0n) is 17.5. The number of para-hydroxylation sites is 2. The van der Waals surface area contributed by atoms with Gasteiger partial charge in [-0.1, -0.05) is 38.1 Å². The molecule has 1 heterocycles. The van der Waals surface area contributed by atoms with Gasteiger partial charge in [-0.25, -0.2) is 9.37 Å². The van der Waals surface area contributed by atoms with Gasteiger partial charge in [0, 0.05) is 12.1 Å². The van der Waals surface area contributed by atoms with Crippen molar-refractivity contribution in [1.82, 2.24) is 9.55 Å². The lowest BCUT2D eigenvalue weighted by molar-refractivity contribution is 0.302. The largest absolute Gasteiger partial charge is 0.494 e. The molecule has 0 saturated heterocycles. The number of hydrogen-bond acceptors (Lipinski definition) is 2. The fourth-order valence-electron chi connectivity index (χ4n) is 3.66. The maximum atomic E-state index is 13.4. The van der Waals surface area contributed by atoms with Crippen molar-refractivity contribution in [2.24, 2.45) is 0 Å². The molecular formula is C26H27FN2O. The van der Waals surface area contributed by atoms with E-state index < -0.39 is 0 Å². The highest BCUT2D eigenvalue weighted by molar-refractivity contribution is 5.80. The maximum Gasteiger partial charge on any atom is 0.141 e. The van der Waals surface area contributed by atoms with E-state index in [1.165, 1.54) is 17.7 Å². The topological polar surface area (TPSA) is 27.1 Å². The Kier molecular flexibility index (Phi) is 6.12. The Morgan fingerprint density at radius 3 is 2.43 bits per heavy atom. The minimum Gasteiger partial charge on any atom is -0.494 e. The SMILES string of the molecule is CCC(C)c1ccc(OCCCn2c(-c3ccc(F)cc3)nc3ccccc32)cc1. The minimum atomic E-state index is -0.242. The molecule has 0 radical (unpaired) electrons. The van der Waals surface area contributed by atoms with Gasteiger partial charge >= 0.3 is 0 Å². The third-order valence-electron chi connectivity index (χ3n) is 5.61. The molecule has 4 rings (SSSR count). The van der Waals surface area contributed by atoms with Crippen LogP contribution in [0.2, 0.25) is 0 Å². The molecule has 0 aliphatic carbocycles. The first-order valence-electron chi connectivity index (χ1n) is 10.6. The predicted molar refractivity (Wildman–Crippen MR) is 120 cm³/mol. The van der Waals surface area contributed by atoms with Crippen molar-refractivity contribution in [2.45, 2.75) is 39.2 Å². The van der Waals surface area contributed by atoms with Crippen molar-refractivity contribution in [3.8, 4) is 17.1 Å². The second-order valence-corrected chi connectivity index (χ2v) is 7.66. The van der Waals surface area contributed by atoms with E-state index in [2.05, 4.69) is 48.7 Å². The van der Waals surface area contributed by atoms with Gasteiger partial charge in [0.05, 0.1) is 17.6 Å². The third-order valence-corrected chi connectivity index (χ3v) is 5.61. The van der Waals surface area contributed by atoms with E-state index in [1.54, 1.807) is 12.1 Å². The minimum absolute atomic E-state index is 0.242. The molecule has 154 valence electrons. The molecule has 1 aromatic heterocycles. The molecule has 0 aliphatic heterocycles. The molecule has 0 amide bonds. The number of fused-ring (bicyclic) bond motifs is 1. The van der Waals surface area contributed by atoms with E-state index in [0.29, 0.717) is 12.5 Å². The number of halogens is 1. The summed E-state index contributed by atoms with van der Waals surface area (Å²) in [4.78, 5) is 4.78. The van der Waals surface area contributed by atoms with Gasteiger partial charge in [0.25, 0.3) is 0 Å². The van der Waals surface area contributed by atoms with Crippen LogP contribution < -0.4 is 4.74 Å². The van der Waals surface area contributed by atoms with E-state index in [4.69, 9.17) is 9.72 Å². The lowest BCUT2D eigenvalue weighted by atomic mass is 9.99. The summed E-state index contributed by atoms with van der Waals surface area (Å²) in [6.45, 7) is 5.84. The standard InChI is InChI=1S/C26H27FN2O/c1-3-19(2)20-11-15-23(16-12-20)30-18-6-17-29-25-8-5-4-7-24(25)28-26(29)21-9-13-22(27)14-10-21/h4-5,7-16,19H,3,6,17-18H2,1-2H3. The van der Waals surface area contributed by atoms with Crippen LogP contribution in [-0.2, 0) is 6.54 Å². The van der Waals surface area contributed by atoms with Gasteiger partial charge in [-0.15, -0.1) is 0 Å². The van der Waals surface area contributed by atoms with Gasteiger partial charge in [-0.3, -0.25) is 0 Å². The van der Waals surface area contributed by atoms with Crippen LogP contribution in [0.4, 0.5) is 4.39 Å². The summed E-state index contributed by atoms with van der Waals surface area (Å²) in [7, 11) is 0. The number of benzene rings is 3. The van der Waals surface area contributed by atoms with Crippen molar-refractivity contribution in [2.75, 3.05) is 6.61 Å². The van der Waals surface area contributed by atoms with E-state index in [9.17, 15) is 4.39 Å². The molecule has 0 N–H and O–H groups in total. The highest BCUT2D eigenvalue weighted by Gasteiger charge is 2.12. The van der Waals surface area contributed by atoms with Crippen molar-refractivity contribution in [3.05, 3.63) is 84.2 Å². The molecule has 3 nitrogen and oxygen atoms in total. The smallest absolute Gasteiger partial charge is 0.141 e. The van der Waals surface area contributed by atoms with Crippen LogP contribution in [0.25, 0.3) is 22.4 Å². The van der Waals surface area contributed by atoms with Gasteiger partial charge in [-0.05, 0) is 72.9 Å². The van der Waals surface area contributed by atoms with Crippen molar-refractivity contribution in [1.29, 1.82) is 0 Å². The molecule has 0 spiro atoms. The lowest BCUT2D eigenvalue weighted by Crippen LogP contribution is -2.06. The number of aromatic nitrogens is 2. The molecule has 4 heteroatoms. The molecule has 4 aromatic rings. The summed E-state index contributed by atoms with van der Waals surface area (Å²) in [5.41, 5.74) is 4.28. The van der Waals surface area contributed by atoms with Crippen molar-refractivity contribution >= 4 is 11.0 Å². The van der Waals surface area contributed by atoms with Gasteiger partial charge in [0.1, 0.15) is 17.4 Å². The van der Waals surface area contributed by atoms with E-state index >= 15 is 0 Å². The van der Waals surface area contributed by atoms with Crippen molar-refractivity contribution < 1.29 is 9.13 Å². The Morgan fingerprint density at radius 2 is 1.70 bits per heavy atom. The normalized spacial score (nSPS) is 12.2. The summed E-state index contributed by atoms with van der Waals surface area (Å²) < 4.78 is 21.5. The highest BCUT2D eigenvalue weighted by Crippen LogP contribution is 2.26. The van der Waals surface area contributed by atoms with Gasteiger partial charge in [0.2, 0.25) is 0 Å². The Morgan fingerprint density at radius 1 is 0.967 bits per heavy atom. The first kappa shape index (κ1) is 20.1. The number of hydrogen-bond donors (Lipinski definition) is 0. The Balaban J connectivity index is 1.46. The first-order valence-corrected chi connectivity index (χ1v) is 10.6. The average molecular weight is 403 g/mol. The Bertz CT molecular complexity index is 1100. The number of imidazole rings is 1. The second-order valence-electron chi connectivity index (χ2n) is 7.66. The Hall–Kier alpha value is -3.14. The summed E-state index contributed by atoms with van der Waals surface area (Å²) in [5, 5.41) is 0. The Labute approximate surface area is 177 Å². The number of aryl methyl sites for hydroxylation is 1. The van der Waals surface area contributed by atoms with Gasteiger partial charge in [0.15, 0.2) is 0 Å². The van der Waals surface area contributed by atoms with E-state index in [1.807, 2.05) is 18.2 Å². The molecular weight excluding hydrogens is 375 g/mol. The molecule has 3 aromatic carbocycles. The zero-order chi connectivity index (χ0) is 20.9. The molecule has 1 unspecified atom stereocenters. The van der Waals surface area contributed by atoms with Crippen LogP contribution in [0, 0.1) is 5.82 Å². The number of ether oxygens (including phenoxy) is 1. The van der Waals surface area contributed by atoms with Crippen LogP contribution in [0.5, 0.6) is 5.75 Å². The monoisotopic (exact) mass is 402 g/mol.